The van der Waals surface area contributed by atoms with Gasteiger partial charge in [0.25, 0.3) is 0 Å². The Morgan fingerprint density at radius 1 is 1.06 bits per heavy atom. The highest BCUT2D eigenvalue weighted by atomic mass is 35.5. The van der Waals surface area contributed by atoms with Crippen molar-refractivity contribution in [3.63, 3.8) is 0 Å². The van der Waals surface area contributed by atoms with Gasteiger partial charge >= 0.3 is 0 Å². The Balaban J connectivity index is 0.00000306. The lowest BCUT2D eigenvalue weighted by Crippen LogP contribution is -2.37. The van der Waals surface area contributed by atoms with E-state index in [-0.39, 0.29) is 12.4 Å². The average molecular weight is 490 g/mol. The first-order chi connectivity index (χ1) is 15.6. The topological polar surface area (TPSA) is 96.8 Å². The van der Waals surface area contributed by atoms with Gasteiger partial charge in [-0.15, -0.1) is 12.4 Å². The molecule has 2 N–H and O–H groups in total. The van der Waals surface area contributed by atoms with E-state index in [0.29, 0.717) is 49.2 Å². The molecule has 3 aromatic rings. The zero-order chi connectivity index (χ0) is 22.3. The average Bonchev–Trinajstić information content (AvgIpc) is 2.82. The Hall–Kier alpha value is -3.14. The van der Waals surface area contributed by atoms with Crippen LogP contribution in [0.2, 0.25) is 5.02 Å². The zero-order valence-corrected chi connectivity index (χ0v) is 19.9. The van der Waals surface area contributed by atoms with Crippen LogP contribution >= 0.6 is 24.0 Å². The second kappa shape index (κ2) is 11.6. The maximum atomic E-state index is 6.26. The van der Waals surface area contributed by atoms with Crippen LogP contribution in [0, 0.1) is 6.92 Å². The SMILES string of the molecule is COc1ccc(C=NNc2nc(Nc3ccc(C)c(Cl)c3)nc(N3CCOCC3)n2)cc1.Cl. The smallest absolute Gasteiger partial charge is 0.250 e. The van der Waals surface area contributed by atoms with Crippen LogP contribution in [0.3, 0.4) is 0 Å². The number of halogens is 2. The van der Waals surface area contributed by atoms with Crippen molar-refractivity contribution in [3.05, 3.63) is 58.6 Å². The molecule has 1 aromatic heterocycles. The van der Waals surface area contributed by atoms with E-state index in [9.17, 15) is 0 Å². The minimum absolute atomic E-state index is 0. The second-order valence-corrected chi connectivity index (χ2v) is 7.52. The van der Waals surface area contributed by atoms with E-state index in [4.69, 9.17) is 21.1 Å². The normalized spacial score (nSPS) is 13.5. The predicted octanol–water partition coefficient (Wildman–Crippen LogP) is 4.29. The van der Waals surface area contributed by atoms with Crippen LogP contribution in [0.15, 0.2) is 47.6 Å². The highest BCUT2D eigenvalue weighted by molar-refractivity contribution is 6.31. The predicted molar refractivity (Wildman–Crippen MR) is 134 cm³/mol. The number of hydrazone groups is 1. The van der Waals surface area contributed by atoms with Gasteiger partial charge in [0.05, 0.1) is 26.5 Å². The molecule has 0 unspecified atom stereocenters. The van der Waals surface area contributed by atoms with E-state index in [1.807, 2.05) is 49.4 Å². The van der Waals surface area contributed by atoms with Gasteiger partial charge in [-0.1, -0.05) is 17.7 Å². The van der Waals surface area contributed by atoms with Gasteiger partial charge in [0.2, 0.25) is 17.8 Å². The van der Waals surface area contributed by atoms with E-state index in [1.54, 1.807) is 13.3 Å². The van der Waals surface area contributed by atoms with Crippen LogP contribution < -0.4 is 20.4 Å². The molecule has 1 aliphatic rings. The number of ether oxygens (including phenoxy) is 2. The van der Waals surface area contributed by atoms with Crippen LogP contribution in [-0.2, 0) is 4.74 Å². The maximum absolute atomic E-state index is 6.26. The van der Waals surface area contributed by atoms with Crippen molar-refractivity contribution in [2.75, 3.05) is 49.1 Å². The zero-order valence-electron chi connectivity index (χ0n) is 18.3. The van der Waals surface area contributed by atoms with Gasteiger partial charge in [0.1, 0.15) is 5.75 Å². The molecule has 1 saturated heterocycles. The van der Waals surface area contributed by atoms with Gasteiger partial charge in [-0.25, -0.2) is 5.43 Å². The molecule has 2 heterocycles. The number of anilines is 4. The number of benzene rings is 2. The number of hydrogen-bond donors (Lipinski definition) is 2. The summed E-state index contributed by atoms with van der Waals surface area (Å²) >= 11 is 6.26. The van der Waals surface area contributed by atoms with Crippen LogP contribution in [-0.4, -0.2) is 54.6 Å². The number of hydrogen-bond acceptors (Lipinski definition) is 9. The van der Waals surface area contributed by atoms with Crippen molar-refractivity contribution in [2.45, 2.75) is 6.92 Å². The summed E-state index contributed by atoms with van der Waals surface area (Å²) in [5.41, 5.74) is 5.59. The number of nitrogens with one attached hydrogen (secondary N) is 2. The summed E-state index contributed by atoms with van der Waals surface area (Å²) in [7, 11) is 1.63. The fourth-order valence-corrected chi connectivity index (χ4v) is 3.21. The number of nitrogens with zero attached hydrogens (tertiary/aromatic N) is 5. The summed E-state index contributed by atoms with van der Waals surface area (Å²) in [6.45, 7) is 4.61. The Labute approximate surface area is 203 Å². The van der Waals surface area contributed by atoms with Crippen LogP contribution in [0.5, 0.6) is 5.75 Å². The van der Waals surface area contributed by atoms with E-state index < -0.39 is 0 Å². The molecule has 2 aromatic carbocycles. The summed E-state index contributed by atoms with van der Waals surface area (Å²) < 4.78 is 10.6. The minimum atomic E-state index is 0. The number of aryl methyl sites for hydroxylation is 1. The molecule has 9 nitrogen and oxygen atoms in total. The molecule has 174 valence electrons. The van der Waals surface area contributed by atoms with Gasteiger partial charge in [0, 0.05) is 23.8 Å². The monoisotopic (exact) mass is 489 g/mol. The van der Waals surface area contributed by atoms with Gasteiger partial charge in [-0.05, 0) is 54.4 Å². The highest BCUT2D eigenvalue weighted by Crippen LogP contribution is 2.23. The van der Waals surface area contributed by atoms with E-state index in [0.717, 1.165) is 22.6 Å². The fraction of sp³-hybridized carbons (Fsp3) is 0.273. The molecule has 0 atom stereocenters. The van der Waals surface area contributed by atoms with Crippen molar-refractivity contribution in [2.24, 2.45) is 5.10 Å². The van der Waals surface area contributed by atoms with Crippen LogP contribution in [0.25, 0.3) is 0 Å². The van der Waals surface area contributed by atoms with Crippen molar-refractivity contribution in [1.29, 1.82) is 0 Å². The molecule has 0 saturated carbocycles. The number of aromatic nitrogens is 3. The van der Waals surface area contributed by atoms with Gasteiger partial charge in [0.15, 0.2) is 0 Å². The Kier molecular flexibility index (Phi) is 8.65. The second-order valence-electron chi connectivity index (χ2n) is 7.11. The Bertz CT molecular complexity index is 1090. The summed E-state index contributed by atoms with van der Waals surface area (Å²) in [5, 5.41) is 8.14. The van der Waals surface area contributed by atoms with E-state index >= 15 is 0 Å². The first-order valence-corrected chi connectivity index (χ1v) is 10.5. The third-order valence-corrected chi connectivity index (χ3v) is 5.25. The van der Waals surface area contributed by atoms with Crippen LogP contribution in [0.4, 0.5) is 23.5 Å². The summed E-state index contributed by atoms with van der Waals surface area (Å²) in [6, 6.07) is 13.3. The standard InChI is InChI=1S/C22H24ClN7O2.ClH/c1-15-3-6-17(13-19(15)23)25-20-26-21(28-22(27-20)30-9-11-32-12-10-30)29-24-14-16-4-7-18(31-2)8-5-16;/h3-8,13-14H,9-12H2,1-2H3,(H2,25,26,27,28,29);1H. The summed E-state index contributed by atoms with van der Waals surface area (Å²) in [5.74, 6) is 2.05. The van der Waals surface area contributed by atoms with Crippen molar-refractivity contribution in [1.82, 2.24) is 15.0 Å². The maximum Gasteiger partial charge on any atom is 0.250 e. The van der Waals surface area contributed by atoms with Gasteiger partial charge < -0.3 is 19.7 Å². The van der Waals surface area contributed by atoms with Gasteiger partial charge in [-0.3, -0.25) is 0 Å². The molecule has 4 rings (SSSR count). The lowest BCUT2D eigenvalue weighted by Gasteiger charge is -2.27. The fourth-order valence-electron chi connectivity index (χ4n) is 3.03. The molecule has 1 fully saturated rings. The van der Waals surface area contributed by atoms with Crippen molar-refractivity contribution >= 4 is 53.8 Å². The number of methoxy groups -OCH3 is 1. The Morgan fingerprint density at radius 3 is 2.48 bits per heavy atom. The molecule has 33 heavy (non-hydrogen) atoms. The summed E-state index contributed by atoms with van der Waals surface area (Å²) in [6.07, 6.45) is 1.69. The lowest BCUT2D eigenvalue weighted by atomic mass is 10.2. The lowest BCUT2D eigenvalue weighted by molar-refractivity contribution is 0.122. The Morgan fingerprint density at radius 2 is 1.79 bits per heavy atom. The molecule has 0 bridgehead atoms. The van der Waals surface area contributed by atoms with E-state index in [2.05, 4.69) is 35.7 Å². The molecular weight excluding hydrogens is 465 g/mol. The quantitative estimate of drug-likeness (QED) is 0.374. The largest absolute Gasteiger partial charge is 0.497 e. The molecule has 1 aliphatic heterocycles. The molecule has 11 heteroatoms. The van der Waals surface area contributed by atoms with Crippen molar-refractivity contribution in [3.8, 4) is 5.75 Å². The molecule has 0 radical (unpaired) electrons. The molecule has 0 spiro atoms. The third-order valence-electron chi connectivity index (χ3n) is 4.84. The number of rotatable bonds is 7. The number of morpholine rings is 1. The van der Waals surface area contributed by atoms with Gasteiger partial charge in [-0.2, -0.15) is 20.1 Å². The van der Waals surface area contributed by atoms with Crippen molar-refractivity contribution < 1.29 is 9.47 Å². The first-order valence-electron chi connectivity index (χ1n) is 10.2. The molecule has 0 aliphatic carbocycles. The third kappa shape index (κ3) is 6.67. The molecule has 0 amide bonds. The van der Waals surface area contributed by atoms with Crippen LogP contribution in [0.1, 0.15) is 11.1 Å². The first kappa shape index (κ1) is 24.5. The minimum Gasteiger partial charge on any atom is -0.497 e. The highest BCUT2D eigenvalue weighted by Gasteiger charge is 2.17. The summed E-state index contributed by atoms with van der Waals surface area (Å²) in [4.78, 5) is 15.6. The van der Waals surface area contributed by atoms with E-state index in [1.165, 1.54) is 0 Å². The molecular formula is C22H25Cl2N7O2.